The summed E-state index contributed by atoms with van der Waals surface area (Å²) < 4.78 is 1.08. The van der Waals surface area contributed by atoms with Crippen LogP contribution in [0.25, 0.3) is 5.69 Å². The zero-order valence-electron chi connectivity index (χ0n) is 14.2. The minimum Gasteiger partial charge on any atom is -0.377 e. The number of amides is 1. The molecule has 1 saturated heterocycles. The number of nitro benzene ring substituents is 1. The Balaban J connectivity index is 1.54. The predicted molar refractivity (Wildman–Crippen MR) is 98.3 cm³/mol. The average Bonchev–Trinajstić information content (AvgIpc) is 3.42. The van der Waals surface area contributed by atoms with Crippen LogP contribution in [0.2, 0.25) is 5.02 Å². The van der Waals surface area contributed by atoms with E-state index in [9.17, 15) is 19.7 Å². The first-order valence-electron chi connectivity index (χ1n) is 8.52. The molecule has 0 spiro atoms. The van der Waals surface area contributed by atoms with Crippen LogP contribution >= 0.6 is 11.6 Å². The number of anilines is 1. The number of halogens is 1. The van der Waals surface area contributed by atoms with Gasteiger partial charge in [-0.25, -0.2) is 0 Å². The van der Waals surface area contributed by atoms with Crippen LogP contribution in [-0.2, 0) is 4.79 Å². The number of nitrogens with zero attached hydrogens (tertiary/aromatic N) is 4. The lowest BCUT2D eigenvalue weighted by atomic mass is 10.2. The molecule has 2 aromatic rings. The lowest BCUT2D eigenvalue weighted by molar-refractivity contribution is -0.384. The Morgan fingerprint density at radius 2 is 1.93 bits per heavy atom. The van der Waals surface area contributed by atoms with Gasteiger partial charge in [-0.3, -0.25) is 19.7 Å². The smallest absolute Gasteiger partial charge is 0.292 e. The number of benzene rings is 1. The molecular formula is C17H16ClN5O4. The van der Waals surface area contributed by atoms with Crippen molar-refractivity contribution < 1.29 is 9.72 Å². The molecule has 140 valence electrons. The van der Waals surface area contributed by atoms with Gasteiger partial charge in [-0.15, -0.1) is 0 Å². The Kier molecular flexibility index (Phi) is 4.31. The van der Waals surface area contributed by atoms with Crippen molar-refractivity contribution in [1.82, 2.24) is 14.7 Å². The fraction of sp³-hybridized carbons (Fsp3) is 0.353. The summed E-state index contributed by atoms with van der Waals surface area (Å²) in [4.78, 5) is 36.7. The van der Waals surface area contributed by atoms with E-state index < -0.39 is 10.5 Å². The second kappa shape index (κ2) is 6.66. The second-order valence-electron chi connectivity index (χ2n) is 6.69. The van der Waals surface area contributed by atoms with Gasteiger partial charge in [0.15, 0.2) is 0 Å². The maximum atomic E-state index is 12.5. The van der Waals surface area contributed by atoms with E-state index in [0.29, 0.717) is 30.4 Å². The van der Waals surface area contributed by atoms with E-state index in [1.54, 1.807) is 0 Å². The zero-order chi connectivity index (χ0) is 19.1. The molecule has 2 fully saturated rings. The van der Waals surface area contributed by atoms with Crippen LogP contribution < -0.4 is 10.9 Å². The Labute approximate surface area is 158 Å². The lowest BCUT2D eigenvalue weighted by Crippen LogP contribution is -2.30. The molecule has 1 aromatic heterocycles. The number of carbonyl (C=O) groups excluding carboxylic acids is 1. The molecule has 0 radical (unpaired) electrons. The minimum absolute atomic E-state index is 0.0410. The molecule has 1 atom stereocenters. The van der Waals surface area contributed by atoms with Gasteiger partial charge in [0, 0.05) is 31.1 Å². The molecule has 0 bridgehead atoms. The first kappa shape index (κ1) is 17.5. The summed E-state index contributed by atoms with van der Waals surface area (Å²) in [5.41, 5.74) is 0.117. The lowest BCUT2D eigenvalue weighted by Gasteiger charge is -2.17. The van der Waals surface area contributed by atoms with Gasteiger partial charge in [0.2, 0.25) is 5.91 Å². The van der Waals surface area contributed by atoms with Crippen molar-refractivity contribution in [3.63, 3.8) is 0 Å². The van der Waals surface area contributed by atoms with Gasteiger partial charge in [0.1, 0.15) is 5.02 Å². The van der Waals surface area contributed by atoms with Crippen molar-refractivity contribution in [2.45, 2.75) is 31.3 Å². The molecule has 1 amide bonds. The third-order valence-electron chi connectivity index (χ3n) is 4.73. The largest absolute Gasteiger partial charge is 0.377 e. The van der Waals surface area contributed by atoms with Crippen molar-refractivity contribution in [3.05, 3.63) is 56.0 Å². The summed E-state index contributed by atoms with van der Waals surface area (Å²) in [7, 11) is 0. The average molecular weight is 390 g/mol. The molecule has 1 aromatic carbocycles. The number of nitrogens with one attached hydrogen (secondary N) is 1. The fourth-order valence-corrected chi connectivity index (χ4v) is 3.40. The first-order chi connectivity index (χ1) is 12.9. The summed E-state index contributed by atoms with van der Waals surface area (Å²) in [6.45, 7) is 0.589. The number of non-ortho nitro benzene ring substituents is 1. The van der Waals surface area contributed by atoms with Crippen LogP contribution in [0.1, 0.15) is 19.3 Å². The Morgan fingerprint density at radius 3 is 2.56 bits per heavy atom. The molecular weight excluding hydrogens is 374 g/mol. The molecule has 1 saturated carbocycles. The molecule has 1 aliphatic carbocycles. The highest BCUT2D eigenvalue weighted by molar-refractivity contribution is 6.33. The van der Waals surface area contributed by atoms with Crippen molar-refractivity contribution in [2.75, 3.05) is 11.9 Å². The third-order valence-corrected chi connectivity index (χ3v) is 5.09. The standard InChI is InChI=1S/C17H16ClN5O4/c18-16-14(20-10-7-15(24)21(9-10)11-1-2-11)8-19-22(17(16)25)12-3-5-13(6-4-12)23(26)27/h3-6,8,10-11,20H,1-2,7,9H2. The van der Waals surface area contributed by atoms with Gasteiger partial charge in [0.25, 0.3) is 11.2 Å². The van der Waals surface area contributed by atoms with Crippen molar-refractivity contribution in [2.24, 2.45) is 0 Å². The summed E-state index contributed by atoms with van der Waals surface area (Å²) in [5.74, 6) is 0.110. The molecule has 4 rings (SSSR count). The molecule has 1 aliphatic heterocycles. The number of hydrogen-bond acceptors (Lipinski definition) is 6. The van der Waals surface area contributed by atoms with Gasteiger partial charge in [-0.2, -0.15) is 9.78 Å². The molecule has 2 aliphatic rings. The number of likely N-dealkylation sites (tertiary alicyclic amines) is 1. The number of aromatic nitrogens is 2. The summed E-state index contributed by atoms with van der Waals surface area (Å²) >= 11 is 6.21. The monoisotopic (exact) mass is 389 g/mol. The molecule has 1 unspecified atom stereocenters. The maximum absolute atomic E-state index is 12.5. The van der Waals surface area contributed by atoms with Crippen LogP contribution in [0.3, 0.4) is 0 Å². The Morgan fingerprint density at radius 1 is 1.22 bits per heavy atom. The number of hydrogen-bond donors (Lipinski definition) is 1. The molecule has 9 nitrogen and oxygen atoms in total. The summed E-state index contributed by atoms with van der Waals surface area (Å²) in [6.07, 6.45) is 3.88. The highest BCUT2D eigenvalue weighted by atomic mass is 35.5. The van der Waals surface area contributed by atoms with E-state index in [1.165, 1.54) is 30.5 Å². The van der Waals surface area contributed by atoms with Crippen LogP contribution in [0.15, 0.2) is 35.3 Å². The van der Waals surface area contributed by atoms with Gasteiger partial charge < -0.3 is 10.2 Å². The van der Waals surface area contributed by atoms with Gasteiger partial charge >= 0.3 is 0 Å². The first-order valence-corrected chi connectivity index (χ1v) is 8.90. The highest BCUT2D eigenvalue weighted by Gasteiger charge is 2.39. The second-order valence-corrected chi connectivity index (χ2v) is 7.06. The van der Waals surface area contributed by atoms with E-state index in [4.69, 9.17) is 11.6 Å². The predicted octanol–water partition coefficient (Wildman–Crippen LogP) is 1.97. The minimum atomic E-state index is -0.543. The quantitative estimate of drug-likeness (QED) is 0.618. The highest BCUT2D eigenvalue weighted by Crippen LogP contribution is 2.31. The maximum Gasteiger partial charge on any atom is 0.292 e. The van der Waals surface area contributed by atoms with Crippen molar-refractivity contribution >= 4 is 28.9 Å². The van der Waals surface area contributed by atoms with Gasteiger partial charge in [-0.1, -0.05) is 11.6 Å². The SMILES string of the molecule is O=C1CC(Nc2cnn(-c3ccc([N+](=O)[O-])cc3)c(=O)c2Cl)CN1C1CC1. The van der Waals surface area contributed by atoms with E-state index in [0.717, 1.165) is 17.5 Å². The van der Waals surface area contributed by atoms with Crippen molar-refractivity contribution in [3.8, 4) is 5.69 Å². The number of nitro groups is 1. The molecule has 2 heterocycles. The van der Waals surface area contributed by atoms with Crippen molar-refractivity contribution in [1.29, 1.82) is 0 Å². The Bertz CT molecular complexity index is 970. The number of carbonyl (C=O) groups is 1. The van der Waals surface area contributed by atoms with E-state index in [-0.39, 0.29) is 22.7 Å². The fourth-order valence-electron chi connectivity index (χ4n) is 3.22. The molecule has 1 N–H and O–H groups in total. The third kappa shape index (κ3) is 3.37. The number of rotatable bonds is 5. The summed E-state index contributed by atoms with van der Waals surface area (Å²) in [5, 5.41) is 17.9. The van der Waals surface area contributed by atoms with Crippen LogP contribution in [0, 0.1) is 10.1 Å². The van der Waals surface area contributed by atoms with E-state index in [1.807, 2.05) is 4.90 Å². The Hall–Kier alpha value is -2.94. The van der Waals surface area contributed by atoms with Crippen LogP contribution in [0.5, 0.6) is 0 Å². The topological polar surface area (TPSA) is 110 Å². The normalized spacial score (nSPS) is 19.4. The van der Waals surface area contributed by atoms with Crippen LogP contribution in [-0.4, -0.2) is 44.1 Å². The summed E-state index contributed by atoms with van der Waals surface area (Å²) in [6, 6.07) is 5.68. The zero-order valence-corrected chi connectivity index (χ0v) is 14.9. The van der Waals surface area contributed by atoms with E-state index in [2.05, 4.69) is 10.4 Å². The van der Waals surface area contributed by atoms with Gasteiger partial charge in [0.05, 0.1) is 28.5 Å². The molecule has 10 heteroatoms. The van der Waals surface area contributed by atoms with E-state index >= 15 is 0 Å². The molecule has 27 heavy (non-hydrogen) atoms. The van der Waals surface area contributed by atoms with Gasteiger partial charge in [-0.05, 0) is 25.0 Å². The van der Waals surface area contributed by atoms with Crippen LogP contribution in [0.4, 0.5) is 11.4 Å².